The summed E-state index contributed by atoms with van der Waals surface area (Å²) in [4.78, 5) is 10.6. The standard InChI is InChI=1S/C35H45N5O2.C25H29N5/c1-34(2,3)28-22-27(39(37-28)29-16-8-10-19-41-29)26-21-23-13-6-7-14-24(23)31(36-26)32-25-15-12-18-35(4,5)33(25)38-40(32)30-17-9-11-20-42-30;1-24(2,3)20-14-19(27-28-20)18-13-15-9-6-7-10-16(15)21(26-18)22-17-11-8-12-25(4,5)23(17)30-29-22/h6-7,13-14,21-22,29-30H,8-12,15-20H2,1-5H3;6-7,9-10,13-14H,8,11-12H2,1-5H3,(H,27,28)(H,29,30). The van der Waals surface area contributed by atoms with Crippen LogP contribution >= 0.6 is 0 Å². The summed E-state index contributed by atoms with van der Waals surface area (Å²) >= 11 is 0. The predicted molar refractivity (Wildman–Crippen MR) is 288 cm³/mol. The van der Waals surface area contributed by atoms with Gasteiger partial charge in [-0.15, -0.1) is 0 Å². The van der Waals surface area contributed by atoms with Crippen LogP contribution in [-0.4, -0.2) is 63.1 Å². The number of hydrogen-bond acceptors (Lipinski definition) is 8. The van der Waals surface area contributed by atoms with Crippen molar-refractivity contribution < 1.29 is 9.47 Å². The van der Waals surface area contributed by atoms with E-state index in [0.29, 0.717) is 0 Å². The maximum atomic E-state index is 6.38. The highest BCUT2D eigenvalue weighted by Crippen LogP contribution is 2.46. The van der Waals surface area contributed by atoms with Gasteiger partial charge in [0.15, 0.2) is 12.5 Å². The lowest BCUT2D eigenvalue weighted by atomic mass is 9.76. The summed E-state index contributed by atoms with van der Waals surface area (Å²) in [6.07, 6.45) is 13.0. The molecule has 2 unspecified atom stereocenters. The fourth-order valence-electron chi connectivity index (χ4n) is 11.6. The molecule has 2 saturated heterocycles. The Hall–Kier alpha value is -5.98. The molecular formula is C60H74N10O2. The van der Waals surface area contributed by atoms with Gasteiger partial charge in [-0.3, -0.25) is 10.2 Å². The lowest BCUT2D eigenvalue weighted by Crippen LogP contribution is -2.24. The quantitative estimate of drug-likeness (QED) is 0.168. The van der Waals surface area contributed by atoms with Crippen molar-refractivity contribution in [2.45, 2.75) is 180 Å². The van der Waals surface area contributed by atoms with Gasteiger partial charge in [-0.1, -0.05) is 118 Å². The van der Waals surface area contributed by atoms with Gasteiger partial charge >= 0.3 is 0 Å². The van der Waals surface area contributed by atoms with Crippen molar-refractivity contribution in [3.63, 3.8) is 0 Å². The average Bonchev–Trinajstić information content (AvgIpc) is 4.20. The number of aromatic amines is 2. The van der Waals surface area contributed by atoms with Gasteiger partial charge in [-0.2, -0.15) is 20.4 Å². The molecule has 376 valence electrons. The fraction of sp³-hybridized carbons (Fsp3) is 0.500. The average molecular weight is 967 g/mol. The number of nitrogens with one attached hydrogen (secondary N) is 2. The van der Waals surface area contributed by atoms with Crippen molar-refractivity contribution >= 4 is 21.5 Å². The zero-order valence-electron chi connectivity index (χ0n) is 44.4. The number of aromatic nitrogens is 10. The van der Waals surface area contributed by atoms with Crippen LogP contribution in [0.25, 0.3) is 67.1 Å². The van der Waals surface area contributed by atoms with Crippen molar-refractivity contribution in [1.29, 1.82) is 0 Å². The summed E-state index contributed by atoms with van der Waals surface area (Å²) in [5.74, 6) is 0. The van der Waals surface area contributed by atoms with Crippen LogP contribution in [-0.2, 0) is 44.0 Å². The van der Waals surface area contributed by atoms with Gasteiger partial charge in [0.05, 0.1) is 45.6 Å². The first-order chi connectivity index (χ1) is 34.4. The zero-order chi connectivity index (χ0) is 50.2. The van der Waals surface area contributed by atoms with Gasteiger partial charge < -0.3 is 9.47 Å². The topological polar surface area (TPSA) is 137 Å². The van der Waals surface area contributed by atoms with Crippen LogP contribution in [0.4, 0.5) is 0 Å². The van der Waals surface area contributed by atoms with E-state index in [1.807, 2.05) is 0 Å². The molecule has 0 radical (unpaired) electrons. The summed E-state index contributed by atoms with van der Waals surface area (Å²) in [6, 6.07) is 25.8. The Morgan fingerprint density at radius 3 is 1.82 bits per heavy atom. The molecule has 0 bridgehead atoms. The molecule has 12 rings (SSSR count). The number of H-pyrrole nitrogens is 2. The third-order valence-corrected chi connectivity index (χ3v) is 15.9. The molecule has 0 spiro atoms. The summed E-state index contributed by atoms with van der Waals surface area (Å²) in [5.41, 5.74) is 15.1. The van der Waals surface area contributed by atoms with E-state index in [1.54, 1.807) is 0 Å². The summed E-state index contributed by atoms with van der Waals surface area (Å²) in [6.45, 7) is 24.0. The van der Waals surface area contributed by atoms with Crippen LogP contribution in [0.5, 0.6) is 0 Å². The lowest BCUT2D eigenvalue weighted by molar-refractivity contribution is -0.0387. The van der Waals surface area contributed by atoms with Gasteiger partial charge in [0.1, 0.15) is 11.4 Å². The number of pyridine rings is 2. The molecule has 4 aliphatic rings. The fourth-order valence-corrected chi connectivity index (χ4v) is 11.6. The normalized spacial score (nSPS) is 20.0. The van der Waals surface area contributed by atoms with Crippen molar-refractivity contribution in [1.82, 2.24) is 49.9 Å². The minimum atomic E-state index is -0.0874. The van der Waals surface area contributed by atoms with Crippen molar-refractivity contribution in [2.75, 3.05) is 13.2 Å². The first-order valence-corrected chi connectivity index (χ1v) is 26.8. The van der Waals surface area contributed by atoms with Gasteiger partial charge in [0.2, 0.25) is 0 Å². The van der Waals surface area contributed by atoms with Gasteiger partial charge in [-0.05, 0) is 112 Å². The Labute approximate surface area is 425 Å². The van der Waals surface area contributed by atoms with E-state index < -0.39 is 0 Å². The summed E-state index contributed by atoms with van der Waals surface area (Å²) in [5, 5.41) is 31.0. The van der Waals surface area contributed by atoms with Gasteiger partial charge in [-0.25, -0.2) is 19.3 Å². The van der Waals surface area contributed by atoms with Gasteiger partial charge in [0.25, 0.3) is 0 Å². The highest BCUT2D eigenvalue weighted by atomic mass is 16.5. The van der Waals surface area contributed by atoms with E-state index >= 15 is 0 Å². The third-order valence-electron chi connectivity index (χ3n) is 15.9. The highest BCUT2D eigenvalue weighted by Gasteiger charge is 2.38. The molecule has 12 nitrogen and oxygen atoms in total. The largest absolute Gasteiger partial charge is 0.356 e. The Balaban J connectivity index is 0.000000165. The first kappa shape index (κ1) is 48.3. The van der Waals surface area contributed by atoms with E-state index in [-0.39, 0.29) is 34.1 Å². The second-order valence-corrected chi connectivity index (χ2v) is 24.3. The second-order valence-electron chi connectivity index (χ2n) is 24.3. The number of rotatable bonds is 6. The molecule has 72 heavy (non-hydrogen) atoms. The van der Waals surface area contributed by atoms with Crippen LogP contribution in [0.15, 0.2) is 72.8 Å². The van der Waals surface area contributed by atoms with Crippen LogP contribution in [0.3, 0.4) is 0 Å². The molecule has 8 heterocycles. The van der Waals surface area contributed by atoms with E-state index in [0.717, 1.165) is 151 Å². The van der Waals surface area contributed by atoms with Crippen LogP contribution < -0.4 is 0 Å². The second kappa shape index (κ2) is 18.5. The summed E-state index contributed by atoms with van der Waals surface area (Å²) in [7, 11) is 0. The van der Waals surface area contributed by atoms with Crippen molar-refractivity contribution in [3.05, 3.63) is 107 Å². The smallest absolute Gasteiger partial charge is 0.150 e. The molecule has 2 N–H and O–H groups in total. The van der Waals surface area contributed by atoms with E-state index in [4.69, 9.17) is 34.7 Å². The number of benzene rings is 2. The molecule has 0 amide bonds. The Morgan fingerprint density at radius 1 is 0.569 bits per heavy atom. The first-order valence-electron chi connectivity index (χ1n) is 26.8. The minimum Gasteiger partial charge on any atom is -0.356 e. The molecular weight excluding hydrogens is 893 g/mol. The maximum absolute atomic E-state index is 6.38. The Bertz CT molecular complexity index is 3270. The highest BCUT2D eigenvalue weighted by molar-refractivity contribution is 5.98. The van der Waals surface area contributed by atoms with E-state index in [1.165, 1.54) is 40.7 Å². The Morgan fingerprint density at radius 2 is 1.18 bits per heavy atom. The summed E-state index contributed by atoms with van der Waals surface area (Å²) < 4.78 is 17.0. The molecule has 2 atom stereocenters. The zero-order valence-corrected chi connectivity index (χ0v) is 44.4. The number of fused-ring (bicyclic) bond motifs is 4. The number of nitrogens with zero attached hydrogens (tertiary/aromatic N) is 8. The number of hydrogen-bond donors (Lipinski definition) is 2. The third kappa shape index (κ3) is 9.01. The minimum absolute atomic E-state index is 0.0117. The molecule has 2 aromatic carbocycles. The Kier molecular flexibility index (Phi) is 12.4. The maximum Gasteiger partial charge on any atom is 0.150 e. The number of ether oxygens (including phenoxy) is 2. The SMILES string of the molecule is CC(C)(C)c1cc(-c2cc3ccccc3c(-c3c4c(nn3C3CCCCO3)C(C)(C)CCC4)n2)n(C2CCCCO2)n1.CC(C)(C)c1cc(-c2cc3ccccc3c(-c3n[nH]c4c3CCCC4(C)C)n2)n[nH]1. The molecule has 12 heteroatoms. The van der Waals surface area contributed by atoms with Crippen molar-refractivity contribution in [2.24, 2.45) is 0 Å². The van der Waals surface area contributed by atoms with Gasteiger partial charge in [0, 0.05) is 68.2 Å². The lowest BCUT2D eigenvalue weighted by Gasteiger charge is -2.29. The van der Waals surface area contributed by atoms with E-state index in [9.17, 15) is 0 Å². The van der Waals surface area contributed by atoms with Crippen molar-refractivity contribution in [3.8, 4) is 45.6 Å². The van der Waals surface area contributed by atoms with Crippen LogP contribution in [0, 0.1) is 0 Å². The predicted octanol–water partition coefficient (Wildman–Crippen LogP) is 14.2. The molecule has 8 aromatic rings. The van der Waals surface area contributed by atoms with Crippen LogP contribution in [0.2, 0.25) is 0 Å². The molecule has 0 saturated carbocycles. The molecule has 2 aliphatic heterocycles. The van der Waals surface area contributed by atoms with E-state index in [2.05, 4.69) is 167 Å². The molecule has 2 aliphatic carbocycles. The molecule has 6 aromatic heterocycles. The van der Waals surface area contributed by atoms with Crippen LogP contribution in [0.1, 0.15) is 180 Å². The monoisotopic (exact) mass is 967 g/mol. The molecule has 2 fully saturated rings.